The minimum Gasteiger partial charge on any atom is -0.456 e. The molecule has 3 heteroatoms. The number of nitrogens with zero attached hydrogens (tertiary/aromatic N) is 2. The summed E-state index contributed by atoms with van der Waals surface area (Å²) < 4.78 is 8.86. The van der Waals surface area contributed by atoms with E-state index in [1.54, 1.807) is 0 Å². The van der Waals surface area contributed by atoms with E-state index in [9.17, 15) is 0 Å². The molecule has 14 aromatic carbocycles. The number of anilines is 3. The summed E-state index contributed by atoms with van der Waals surface area (Å²) in [6.45, 7) is 13.8. The van der Waals surface area contributed by atoms with E-state index in [-0.39, 0.29) is 0 Å². The first-order valence-electron chi connectivity index (χ1n) is 43.5. The Morgan fingerprint density at radius 3 is 1.06 bits per heavy atom. The summed E-state index contributed by atoms with van der Waals surface area (Å²) in [5.41, 5.74) is 35.8. The van der Waals surface area contributed by atoms with Gasteiger partial charge in [-0.3, -0.25) is 0 Å². The molecule has 0 saturated carbocycles. The Hall–Kier alpha value is -11.5. The number of aryl methyl sites for hydroxylation is 6. The van der Waals surface area contributed by atoms with Crippen molar-refractivity contribution in [2.45, 2.75) is 181 Å². The Bertz CT molecular complexity index is 5820. The molecular weight excluding hydrogens is 1390 g/mol. The Balaban J connectivity index is 0.836. The van der Waals surface area contributed by atoms with E-state index in [1.807, 2.05) is 0 Å². The highest BCUT2D eigenvalue weighted by Gasteiger charge is 2.49. The van der Waals surface area contributed by atoms with Crippen molar-refractivity contribution >= 4 is 60.8 Å². The topological polar surface area (TPSA) is 21.3 Å². The number of furan rings is 1. The lowest BCUT2D eigenvalue weighted by molar-refractivity contribution is 0.666. The first-order chi connectivity index (χ1) is 56.6. The van der Waals surface area contributed by atoms with E-state index in [4.69, 9.17) is 4.42 Å². The van der Waals surface area contributed by atoms with Gasteiger partial charge < -0.3 is 13.9 Å². The molecule has 572 valence electrons. The molecule has 0 unspecified atom stereocenters. The van der Waals surface area contributed by atoms with Crippen LogP contribution in [0.5, 0.6) is 0 Å². The zero-order valence-corrected chi connectivity index (χ0v) is 68.3. The van der Waals surface area contributed by atoms with Crippen molar-refractivity contribution in [2.24, 2.45) is 0 Å². The molecule has 0 radical (unpaired) electrons. The molecule has 0 fully saturated rings. The van der Waals surface area contributed by atoms with Gasteiger partial charge in [-0.25, -0.2) is 0 Å². The first kappa shape index (κ1) is 74.9. The molecule has 0 saturated heterocycles. The maximum absolute atomic E-state index is 6.41. The van der Waals surface area contributed by atoms with Gasteiger partial charge >= 0.3 is 0 Å². The molecule has 2 aliphatic rings. The molecule has 0 atom stereocenters. The van der Waals surface area contributed by atoms with Crippen molar-refractivity contribution in [3.8, 4) is 50.2 Å². The number of hydrogen-bond donors (Lipinski definition) is 0. The number of para-hydroxylation sites is 1. The van der Waals surface area contributed by atoms with Gasteiger partial charge in [0.05, 0.1) is 21.9 Å². The van der Waals surface area contributed by atoms with E-state index in [2.05, 4.69) is 354 Å². The van der Waals surface area contributed by atoms with Crippen molar-refractivity contribution in [1.29, 1.82) is 0 Å². The van der Waals surface area contributed by atoms with Gasteiger partial charge in [-0.05, 0) is 261 Å². The van der Waals surface area contributed by atoms with Crippen LogP contribution in [0.4, 0.5) is 17.1 Å². The van der Waals surface area contributed by atoms with E-state index >= 15 is 0 Å². The highest BCUT2D eigenvalue weighted by Crippen LogP contribution is 2.61. The summed E-state index contributed by atoms with van der Waals surface area (Å²) in [6, 6.07) is 119. The fourth-order valence-corrected chi connectivity index (χ4v) is 19.8. The van der Waals surface area contributed by atoms with Gasteiger partial charge in [-0.15, -0.1) is 0 Å². The average Bonchev–Trinajstić information content (AvgIpc) is 1.54. The van der Waals surface area contributed by atoms with Gasteiger partial charge in [0.2, 0.25) is 0 Å². The second-order valence-electron chi connectivity index (χ2n) is 33.4. The Morgan fingerprint density at radius 1 is 0.270 bits per heavy atom. The molecule has 3 nitrogen and oxygen atoms in total. The monoisotopic (exact) mass is 1500 g/mol. The average molecular weight is 1500 g/mol. The molecule has 2 aliphatic carbocycles. The van der Waals surface area contributed by atoms with Gasteiger partial charge in [0.25, 0.3) is 0 Å². The normalized spacial score (nSPS) is 13.1. The third-order valence-corrected chi connectivity index (χ3v) is 25.8. The lowest BCUT2D eigenvalue weighted by Gasteiger charge is -2.36. The maximum atomic E-state index is 6.41. The fraction of sp³-hybridized carbons (Fsp3) is 0.250. The van der Waals surface area contributed by atoms with Gasteiger partial charge in [0.1, 0.15) is 11.2 Å². The zero-order chi connectivity index (χ0) is 78.0. The number of benzene rings is 14. The second-order valence-corrected chi connectivity index (χ2v) is 33.4. The van der Waals surface area contributed by atoms with Gasteiger partial charge in [-0.1, -0.05) is 334 Å². The van der Waals surface area contributed by atoms with Crippen molar-refractivity contribution in [3.05, 3.63) is 381 Å². The molecule has 18 rings (SSSR count). The number of fused-ring (bicyclic) bond motifs is 12. The van der Waals surface area contributed by atoms with Crippen LogP contribution in [0.1, 0.15) is 208 Å². The van der Waals surface area contributed by atoms with Gasteiger partial charge in [-0.2, -0.15) is 0 Å². The SMILES string of the molecule is CCCCCCc1ccc(C2(c3ccc(CCCCCC)cc3)c3cc(C)ccc3-c3ccc(N(c4ccc(-c5ccc6c(c5)c5cc(-c7ccccc7)ccc5n6-c5ccc6oc7ccccc7c6c5)cc4)c4ccc5c(c4)C(c4ccc(CCCCCC)cc4)(c4ccc(CCCCCC)cc4)c4cc(C)ccc4-5)cc32)cc1. The van der Waals surface area contributed by atoms with Crippen LogP contribution in [0, 0.1) is 13.8 Å². The van der Waals surface area contributed by atoms with Crippen LogP contribution < -0.4 is 4.90 Å². The summed E-state index contributed by atoms with van der Waals surface area (Å²) in [5.74, 6) is 0. The molecule has 0 bridgehead atoms. The van der Waals surface area contributed by atoms with Crippen molar-refractivity contribution in [1.82, 2.24) is 4.57 Å². The third-order valence-electron chi connectivity index (χ3n) is 25.8. The van der Waals surface area contributed by atoms with Crippen molar-refractivity contribution < 1.29 is 4.42 Å². The molecule has 0 spiro atoms. The Kier molecular flexibility index (Phi) is 21.3. The van der Waals surface area contributed by atoms with Crippen LogP contribution in [0.15, 0.2) is 308 Å². The molecule has 2 heterocycles. The molecule has 0 aliphatic heterocycles. The number of unbranched alkanes of at least 4 members (excludes halogenated alkanes) is 12. The predicted molar refractivity (Wildman–Crippen MR) is 489 cm³/mol. The van der Waals surface area contributed by atoms with Crippen LogP contribution in [0.25, 0.3) is 93.9 Å². The predicted octanol–water partition coefficient (Wildman–Crippen LogP) is 31.3. The van der Waals surface area contributed by atoms with E-state index < -0.39 is 10.8 Å². The minimum absolute atomic E-state index is 0.634. The Morgan fingerprint density at radius 2 is 0.635 bits per heavy atom. The number of rotatable bonds is 30. The summed E-state index contributed by atoms with van der Waals surface area (Å²) in [7, 11) is 0. The largest absolute Gasteiger partial charge is 0.456 e. The quantitative estimate of drug-likeness (QED) is 0.0419. The molecular formula is C112H108N2O. The van der Waals surface area contributed by atoms with Gasteiger partial charge in [0.15, 0.2) is 0 Å². The molecule has 115 heavy (non-hydrogen) atoms. The number of aromatic nitrogens is 1. The summed E-state index contributed by atoms with van der Waals surface area (Å²) in [6.07, 6.45) is 24.2. The van der Waals surface area contributed by atoms with Crippen LogP contribution in [0.2, 0.25) is 0 Å². The maximum Gasteiger partial charge on any atom is 0.135 e. The smallest absolute Gasteiger partial charge is 0.135 e. The standard InChI is InChI=1S/C112H108N2O/c1-7-11-15-20-28-79-38-50-87(51-39-79)111(88-52-40-80(41-53-88)29-21-16-12-8-2)103-70-77(5)36-63-95(103)97-65-60-93(75-105(97)111)113(94-61-66-98-96-64-37-78(6)71-104(96)112(106(98)76-94,89-54-42-81(43-55-89)30-22-17-13-9-3)90-56-44-82(45-57-90)31-23-18-14-10-4)91-58-46-84(47-59-91)86-49-68-108-101(73-86)100-72-85(83-32-24-19-25-33-83)48-67-107(100)114(108)92-62-69-110-102(74-92)99-34-26-27-35-109(99)115-110/h19,24-27,32-76H,7-18,20-23,28-31H2,1-6H3. The third kappa shape index (κ3) is 13.9. The molecule has 0 N–H and O–H groups in total. The van der Waals surface area contributed by atoms with Crippen LogP contribution in [-0.4, -0.2) is 4.57 Å². The molecule has 2 aromatic heterocycles. The zero-order valence-electron chi connectivity index (χ0n) is 68.3. The molecule has 16 aromatic rings. The lowest BCUT2D eigenvalue weighted by Crippen LogP contribution is -2.29. The second kappa shape index (κ2) is 32.8. The summed E-state index contributed by atoms with van der Waals surface area (Å²) in [4.78, 5) is 2.60. The highest BCUT2D eigenvalue weighted by atomic mass is 16.3. The van der Waals surface area contributed by atoms with Crippen LogP contribution in [0.3, 0.4) is 0 Å². The minimum atomic E-state index is -0.634. The summed E-state index contributed by atoms with van der Waals surface area (Å²) in [5, 5.41) is 4.65. The van der Waals surface area contributed by atoms with E-state index in [1.165, 1.54) is 225 Å². The van der Waals surface area contributed by atoms with Crippen molar-refractivity contribution in [3.63, 3.8) is 0 Å². The van der Waals surface area contributed by atoms with Crippen LogP contribution in [-0.2, 0) is 36.5 Å². The summed E-state index contributed by atoms with van der Waals surface area (Å²) >= 11 is 0. The van der Waals surface area contributed by atoms with E-state index in [0.717, 1.165) is 92.5 Å². The highest BCUT2D eigenvalue weighted by molar-refractivity contribution is 6.13. The van der Waals surface area contributed by atoms with Crippen molar-refractivity contribution in [2.75, 3.05) is 4.90 Å². The lowest BCUT2D eigenvalue weighted by atomic mass is 9.67. The Labute approximate surface area is 682 Å². The molecule has 0 amide bonds. The number of hydrogen-bond acceptors (Lipinski definition) is 2. The van der Waals surface area contributed by atoms with Crippen LogP contribution >= 0.6 is 0 Å². The first-order valence-corrected chi connectivity index (χ1v) is 43.5. The fourth-order valence-electron chi connectivity index (χ4n) is 19.8. The van der Waals surface area contributed by atoms with E-state index in [0.29, 0.717) is 0 Å². The van der Waals surface area contributed by atoms with Gasteiger partial charge in [0, 0.05) is 44.3 Å².